The van der Waals surface area contributed by atoms with Gasteiger partial charge in [-0.25, -0.2) is 0 Å². The van der Waals surface area contributed by atoms with E-state index in [1.807, 2.05) is 0 Å². The van der Waals surface area contributed by atoms with Crippen LogP contribution in [0, 0.1) is 0 Å². The third-order valence-corrected chi connectivity index (χ3v) is 3.32. The fourth-order valence-electron chi connectivity index (χ4n) is 2.08. The Balaban J connectivity index is 2.01. The molecule has 0 aromatic heterocycles. The van der Waals surface area contributed by atoms with Crippen LogP contribution < -0.4 is 0 Å². The smallest absolute Gasteiger partial charge is 0.102 e. The highest BCUT2D eigenvalue weighted by atomic mass is 16.6. The molecule has 0 spiro atoms. The van der Waals surface area contributed by atoms with Gasteiger partial charge in [-0.3, -0.25) is 0 Å². The molecule has 100 valence electrons. The van der Waals surface area contributed by atoms with Crippen molar-refractivity contribution in [2.75, 3.05) is 0 Å². The Morgan fingerprint density at radius 2 is 1.94 bits per heavy atom. The Bertz CT molecular complexity index is 213. The first-order chi connectivity index (χ1) is 8.27. The minimum absolute atomic E-state index is 0.166. The highest BCUT2D eigenvalue weighted by Crippen LogP contribution is 2.29. The zero-order chi connectivity index (χ0) is 12.5. The predicted molar refractivity (Wildman–Crippen MR) is 72.1 cm³/mol. The van der Waals surface area contributed by atoms with Crippen LogP contribution in [0.25, 0.3) is 0 Å². The molecular weight excluding hydrogens is 212 g/mol. The summed E-state index contributed by atoms with van der Waals surface area (Å²) in [4.78, 5) is 0. The maximum absolute atomic E-state index is 9.81. The Hall–Kier alpha value is -0.340. The molecule has 0 amide bonds. The molecule has 0 unspecified atom stereocenters. The highest BCUT2D eigenvalue weighted by Gasteiger charge is 2.37. The first-order valence-electron chi connectivity index (χ1n) is 7.28. The van der Waals surface area contributed by atoms with Gasteiger partial charge in [0.05, 0.1) is 12.2 Å². The van der Waals surface area contributed by atoms with Crippen molar-refractivity contribution in [3.63, 3.8) is 0 Å². The van der Waals surface area contributed by atoms with Crippen LogP contribution in [0.15, 0.2) is 12.2 Å². The van der Waals surface area contributed by atoms with Crippen LogP contribution in [0.1, 0.15) is 65.2 Å². The number of epoxide rings is 1. The lowest BCUT2D eigenvalue weighted by molar-refractivity contribution is 0.139. The number of ether oxygens (including phenoxy) is 1. The molecule has 1 fully saturated rings. The SMILES string of the molecule is CCCC/C=C/[C@@H]1O[C@H]1C[C@@H](O)CCCCC. The zero-order valence-corrected chi connectivity index (χ0v) is 11.4. The van der Waals surface area contributed by atoms with Crippen molar-refractivity contribution in [2.24, 2.45) is 0 Å². The minimum atomic E-state index is -0.166. The summed E-state index contributed by atoms with van der Waals surface area (Å²) >= 11 is 0. The van der Waals surface area contributed by atoms with E-state index in [9.17, 15) is 5.11 Å². The standard InChI is InChI=1S/C15H28O2/c1-3-5-7-9-11-14-15(17-14)12-13(16)10-8-6-4-2/h9,11,13-16H,3-8,10,12H2,1-2H3/b11-9+/t13-,14-,15-/m0/s1. The molecule has 0 aliphatic carbocycles. The van der Waals surface area contributed by atoms with Crippen LogP contribution in [0.3, 0.4) is 0 Å². The van der Waals surface area contributed by atoms with Gasteiger partial charge >= 0.3 is 0 Å². The van der Waals surface area contributed by atoms with E-state index in [-0.39, 0.29) is 18.3 Å². The average molecular weight is 240 g/mol. The summed E-state index contributed by atoms with van der Waals surface area (Å²) in [5.41, 5.74) is 0. The number of allylic oxidation sites excluding steroid dienone is 1. The topological polar surface area (TPSA) is 32.8 Å². The minimum Gasteiger partial charge on any atom is -0.393 e. The van der Waals surface area contributed by atoms with Crippen molar-refractivity contribution in [1.29, 1.82) is 0 Å². The molecule has 1 heterocycles. The van der Waals surface area contributed by atoms with Gasteiger partial charge in [0.25, 0.3) is 0 Å². The molecule has 2 heteroatoms. The molecule has 1 aliphatic rings. The van der Waals surface area contributed by atoms with E-state index in [0.29, 0.717) is 0 Å². The molecule has 0 saturated carbocycles. The van der Waals surface area contributed by atoms with Crippen LogP contribution in [-0.4, -0.2) is 23.4 Å². The Morgan fingerprint density at radius 3 is 2.65 bits per heavy atom. The fraction of sp³-hybridized carbons (Fsp3) is 0.867. The van der Waals surface area contributed by atoms with E-state index in [4.69, 9.17) is 4.74 Å². The van der Waals surface area contributed by atoms with Crippen molar-refractivity contribution < 1.29 is 9.84 Å². The Labute approximate surface area is 106 Å². The van der Waals surface area contributed by atoms with E-state index in [1.54, 1.807) is 0 Å². The van der Waals surface area contributed by atoms with E-state index < -0.39 is 0 Å². The monoisotopic (exact) mass is 240 g/mol. The summed E-state index contributed by atoms with van der Waals surface area (Å²) in [5.74, 6) is 0. The molecule has 0 aromatic rings. The molecule has 1 saturated heterocycles. The molecule has 17 heavy (non-hydrogen) atoms. The number of hydrogen-bond acceptors (Lipinski definition) is 2. The van der Waals surface area contributed by atoms with Crippen molar-refractivity contribution in [1.82, 2.24) is 0 Å². The largest absolute Gasteiger partial charge is 0.393 e. The number of hydrogen-bond donors (Lipinski definition) is 1. The lowest BCUT2D eigenvalue weighted by atomic mass is 10.0. The first kappa shape index (κ1) is 14.7. The van der Waals surface area contributed by atoms with E-state index in [2.05, 4.69) is 26.0 Å². The van der Waals surface area contributed by atoms with Gasteiger partial charge in [-0.1, -0.05) is 58.1 Å². The summed E-state index contributed by atoms with van der Waals surface area (Å²) in [6.45, 7) is 4.39. The molecule has 1 aliphatic heterocycles. The summed E-state index contributed by atoms with van der Waals surface area (Å²) in [6.07, 6.45) is 13.8. The second-order valence-corrected chi connectivity index (χ2v) is 5.09. The lowest BCUT2D eigenvalue weighted by Gasteiger charge is -2.07. The van der Waals surface area contributed by atoms with Crippen LogP contribution in [-0.2, 0) is 4.74 Å². The van der Waals surface area contributed by atoms with Gasteiger partial charge < -0.3 is 9.84 Å². The number of aliphatic hydroxyl groups excluding tert-OH is 1. The number of aliphatic hydroxyl groups is 1. The fourth-order valence-corrected chi connectivity index (χ4v) is 2.08. The molecule has 3 atom stereocenters. The van der Waals surface area contributed by atoms with Crippen molar-refractivity contribution in [3.05, 3.63) is 12.2 Å². The van der Waals surface area contributed by atoms with Crippen LogP contribution in [0.2, 0.25) is 0 Å². The normalized spacial score (nSPS) is 25.4. The number of rotatable bonds is 10. The lowest BCUT2D eigenvalue weighted by Crippen LogP contribution is -2.10. The van der Waals surface area contributed by atoms with Gasteiger partial charge in [-0.15, -0.1) is 0 Å². The third kappa shape index (κ3) is 6.85. The molecule has 0 bridgehead atoms. The third-order valence-electron chi connectivity index (χ3n) is 3.32. The summed E-state index contributed by atoms with van der Waals surface area (Å²) < 4.78 is 5.53. The van der Waals surface area contributed by atoms with Gasteiger partial charge in [0.2, 0.25) is 0 Å². The maximum Gasteiger partial charge on any atom is 0.102 e. The second-order valence-electron chi connectivity index (χ2n) is 5.09. The second kappa shape index (κ2) is 8.71. The molecule has 0 radical (unpaired) electrons. The molecule has 1 N–H and O–H groups in total. The van der Waals surface area contributed by atoms with Crippen LogP contribution >= 0.6 is 0 Å². The Morgan fingerprint density at radius 1 is 1.18 bits per heavy atom. The quantitative estimate of drug-likeness (QED) is 0.357. The van der Waals surface area contributed by atoms with E-state index in [1.165, 1.54) is 25.7 Å². The molecular formula is C15H28O2. The van der Waals surface area contributed by atoms with Gasteiger partial charge in [-0.05, 0) is 12.8 Å². The zero-order valence-electron chi connectivity index (χ0n) is 11.4. The van der Waals surface area contributed by atoms with Gasteiger partial charge in [-0.2, -0.15) is 0 Å². The van der Waals surface area contributed by atoms with Crippen molar-refractivity contribution >= 4 is 0 Å². The predicted octanol–water partition coefficient (Wildman–Crippen LogP) is 3.83. The van der Waals surface area contributed by atoms with Gasteiger partial charge in [0.1, 0.15) is 6.10 Å². The summed E-state index contributed by atoms with van der Waals surface area (Å²) in [6, 6.07) is 0. The number of unbranched alkanes of at least 4 members (excludes halogenated alkanes) is 4. The van der Waals surface area contributed by atoms with E-state index in [0.717, 1.165) is 25.7 Å². The molecule has 1 rings (SSSR count). The van der Waals surface area contributed by atoms with Crippen LogP contribution in [0.4, 0.5) is 0 Å². The van der Waals surface area contributed by atoms with Crippen molar-refractivity contribution in [2.45, 2.75) is 83.5 Å². The Kier molecular flexibility index (Phi) is 7.54. The van der Waals surface area contributed by atoms with Gasteiger partial charge in [0, 0.05) is 6.42 Å². The summed E-state index contributed by atoms with van der Waals surface area (Å²) in [5, 5.41) is 9.81. The molecule has 0 aromatic carbocycles. The van der Waals surface area contributed by atoms with Crippen molar-refractivity contribution in [3.8, 4) is 0 Å². The highest BCUT2D eigenvalue weighted by molar-refractivity contribution is 5.03. The average Bonchev–Trinajstić information content (AvgIpc) is 3.03. The van der Waals surface area contributed by atoms with E-state index >= 15 is 0 Å². The first-order valence-corrected chi connectivity index (χ1v) is 7.28. The molecule has 2 nitrogen and oxygen atoms in total. The van der Waals surface area contributed by atoms with Crippen LogP contribution in [0.5, 0.6) is 0 Å². The summed E-state index contributed by atoms with van der Waals surface area (Å²) in [7, 11) is 0. The van der Waals surface area contributed by atoms with Gasteiger partial charge in [0.15, 0.2) is 0 Å². The maximum atomic E-state index is 9.81.